The van der Waals surface area contributed by atoms with E-state index in [4.69, 9.17) is 4.74 Å². The van der Waals surface area contributed by atoms with Crippen molar-refractivity contribution in [3.8, 4) is 0 Å². The van der Waals surface area contributed by atoms with Gasteiger partial charge in [-0.05, 0) is 25.0 Å². The fourth-order valence-electron chi connectivity index (χ4n) is 2.21. The molecule has 2 aromatic carbocycles. The standard InChI is InChI=1S/C18H18N2O5/c1-12-6-8-14(9-7-12)10-17(22)25-11-16(21)19-18-13(2)4-3-5-15(18)20(23)24/h3-9H,10-11H2,1-2H3,(H,19,21). The summed E-state index contributed by atoms with van der Waals surface area (Å²) in [6, 6.07) is 11.9. The first-order valence-electron chi connectivity index (χ1n) is 7.62. The number of rotatable bonds is 6. The molecule has 2 aromatic rings. The summed E-state index contributed by atoms with van der Waals surface area (Å²) in [6.07, 6.45) is 0.0536. The van der Waals surface area contributed by atoms with E-state index in [1.807, 2.05) is 31.2 Å². The lowest BCUT2D eigenvalue weighted by Crippen LogP contribution is -2.22. The van der Waals surface area contributed by atoms with Gasteiger partial charge in [0.25, 0.3) is 11.6 Å². The smallest absolute Gasteiger partial charge is 0.310 e. The van der Waals surface area contributed by atoms with Gasteiger partial charge in [0.2, 0.25) is 0 Å². The van der Waals surface area contributed by atoms with E-state index < -0.39 is 23.4 Å². The molecule has 1 N–H and O–H groups in total. The van der Waals surface area contributed by atoms with E-state index in [0.29, 0.717) is 5.56 Å². The molecule has 0 heterocycles. The Morgan fingerprint density at radius 2 is 1.80 bits per heavy atom. The Bertz CT molecular complexity index is 800. The highest BCUT2D eigenvalue weighted by Crippen LogP contribution is 2.27. The zero-order chi connectivity index (χ0) is 18.4. The Labute approximate surface area is 144 Å². The summed E-state index contributed by atoms with van der Waals surface area (Å²) in [7, 11) is 0. The Kier molecular flexibility index (Phi) is 5.84. The number of esters is 1. The molecule has 0 fully saturated rings. The van der Waals surface area contributed by atoms with Gasteiger partial charge in [-0.3, -0.25) is 19.7 Å². The second kappa shape index (κ2) is 8.05. The van der Waals surface area contributed by atoms with Crippen LogP contribution in [0.1, 0.15) is 16.7 Å². The molecule has 0 radical (unpaired) electrons. The largest absolute Gasteiger partial charge is 0.455 e. The van der Waals surface area contributed by atoms with Gasteiger partial charge in [-0.2, -0.15) is 0 Å². The van der Waals surface area contributed by atoms with Crippen molar-refractivity contribution in [1.82, 2.24) is 0 Å². The van der Waals surface area contributed by atoms with E-state index in [0.717, 1.165) is 11.1 Å². The van der Waals surface area contributed by atoms with Crippen LogP contribution in [0.15, 0.2) is 42.5 Å². The zero-order valence-corrected chi connectivity index (χ0v) is 13.9. The minimum atomic E-state index is -0.630. The van der Waals surface area contributed by atoms with Gasteiger partial charge in [0, 0.05) is 6.07 Å². The lowest BCUT2D eigenvalue weighted by atomic mass is 10.1. The van der Waals surface area contributed by atoms with Crippen molar-refractivity contribution >= 4 is 23.3 Å². The lowest BCUT2D eigenvalue weighted by Gasteiger charge is -2.09. The highest BCUT2D eigenvalue weighted by Gasteiger charge is 2.18. The lowest BCUT2D eigenvalue weighted by molar-refractivity contribution is -0.384. The molecular formula is C18H18N2O5. The molecule has 2 rings (SSSR count). The van der Waals surface area contributed by atoms with Crippen molar-refractivity contribution in [3.63, 3.8) is 0 Å². The number of ether oxygens (including phenoxy) is 1. The van der Waals surface area contributed by atoms with Crippen LogP contribution in [-0.4, -0.2) is 23.4 Å². The van der Waals surface area contributed by atoms with Crippen LogP contribution < -0.4 is 5.32 Å². The van der Waals surface area contributed by atoms with Gasteiger partial charge < -0.3 is 10.1 Å². The molecule has 0 aliphatic heterocycles. The quantitative estimate of drug-likeness (QED) is 0.494. The summed E-state index contributed by atoms with van der Waals surface area (Å²) in [6.45, 7) is 3.08. The predicted octanol–water partition coefficient (Wildman–Crippen LogP) is 2.94. The Morgan fingerprint density at radius 3 is 2.44 bits per heavy atom. The third-order valence-electron chi connectivity index (χ3n) is 3.55. The average Bonchev–Trinajstić information content (AvgIpc) is 2.56. The van der Waals surface area contributed by atoms with Crippen LogP contribution in [0.2, 0.25) is 0 Å². The minimum Gasteiger partial charge on any atom is -0.455 e. The van der Waals surface area contributed by atoms with Gasteiger partial charge >= 0.3 is 5.97 Å². The highest BCUT2D eigenvalue weighted by molar-refractivity contribution is 5.95. The Morgan fingerprint density at radius 1 is 1.12 bits per heavy atom. The molecule has 0 aliphatic carbocycles. The van der Waals surface area contributed by atoms with Crippen molar-refractivity contribution in [1.29, 1.82) is 0 Å². The molecule has 1 amide bonds. The molecule has 0 aromatic heterocycles. The molecule has 7 nitrogen and oxygen atoms in total. The fourth-order valence-corrected chi connectivity index (χ4v) is 2.21. The van der Waals surface area contributed by atoms with Crippen molar-refractivity contribution < 1.29 is 19.2 Å². The third-order valence-corrected chi connectivity index (χ3v) is 3.55. The number of carbonyl (C=O) groups is 2. The molecule has 0 saturated heterocycles. The number of nitrogens with one attached hydrogen (secondary N) is 1. The van der Waals surface area contributed by atoms with Gasteiger partial charge in [0.1, 0.15) is 5.69 Å². The SMILES string of the molecule is Cc1ccc(CC(=O)OCC(=O)Nc2c(C)cccc2[N+](=O)[O-])cc1. The highest BCUT2D eigenvalue weighted by atomic mass is 16.6. The Balaban J connectivity index is 1.92. The van der Waals surface area contributed by atoms with Crippen molar-refractivity contribution in [2.45, 2.75) is 20.3 Å². The second-order valence-electron chi connectivity index (χ2n) is 5.60. The summed E-state index contributed by atoms with van der Waals surface area (Å²) in [5.41, 5.74) is 2.31. The maximum atomic E-state index is 11.9. The minimum absolute atomic E-state index is 0.0536. The van der Waals surface area contributed by atoms with Gasteiger partial charge in [0.05, 0.1) is 11.3 Å². The van der Waals surface area contributed by atoms with Gasteiger partial charge in [0.15, 0.2) is 6.61 Å². The number of nitrogens with zero attached hydrogens (tertiary/aromatic N) is 1. The van der Waals surface area contributed by atoms with Gasteiger partial charge in [-0.1, -0.05) is 42.0 Å². The van der Waals surface area contributed by atoms with Crippen molar-refractivity contribution in [2.75, 3.05) is 11.9 Å². The second-order valence-corrected chi connectivity index (χ2v) is 5.60. The topological polar surface area (TPSA) is 98.5 Å². The van der Waals surface area contributed by atoms with E-state index in [1.54, 1.807) is 13.0 Å². The number of hydrogen-bond donors (Lipinski definition) is 1. The molecule has 0 atom stereocenters. The summed E-state index contributed by atoms with van der Waals surface area (Å²) in [5, 5.41) is 13.4. The number of benzene rings is 2. The zero-order valence-electron chi connectivity index (χ0n) is 13.9. The van der Waals surface area contributed by atoms with Crippen LogP contribution in [0.3, 0.4) is 0 Å². The number of amides is 1. The number of nitro groups is 1. The van der Waals surface area contributed by atoms with Crippen LogP contribution in [0.4, 0.5) is 11.4 Å². The monoisotopic (exact) mass is 342 g/mol. The molecular weight excluding hydrogens is 324 g/mol. The fraction of sp³-hybridized carbons (Fsp3) is 0.222. The number of nitro benzene ring substituents is 1. The van der Waals surface area contributed by atoms with E-state index in [1.165, 1.54) is 12.1 Å². The number of hydrogen-bond acceptors (Lipinski definition) is 5. The van der Waals surface area contributed by atoms with Crippen molar-refractivity contribution in [2.24, 2.45) is 0 Å². The Hall–Kier alpha value is -3.22. The number of anilines is 1. The first-order chi connectivity index (χ1) is 11.9. The summed E-state index contributed by atoms with van der Waals surface area (Å²) in [5.74, 6) is -1.17. The summed E-state index contributed by atoms with van der Waals surface area (Å²) in [4.78, 5) is 34.2. The van der Waals surface area contributed by atoms with E-state index in [-0.39, 0.29) is 17.8 Å². The van der Waals surface area contributed by atoms with Crippen LogP contribution in [0.5, 0.6) is 0 Å². The van der Waals surface area contributed by atoms with Crippen molar-refractivity contribution in [3.05, 3.63) is 69.3 Å². The van der Waals surface area contributed by atoms with Crippen LogP contribution in [0, 0.1) is 24.0 Å². The van der Waals surface area contributed by atoms with Crippen LogP contribution in [-0.2, 0) is 20.7 Å². The van der Waals surface area contributed by atoms with Gasteiger partial charge in [-0.25, -0.2) is 0 Å². The predicted molar refractivity (Wildman–Crippen MR) is 92.3 cm³/mol. The third kappa shape index (κ3) is 5.13. The molecule has 0 unspecified atom stereocenters. The number of para-hydroxylation sites is 1. The van der Waals surface area contributed by atoms with E-state index in [2.05, 4.69) is 5.32 Å². The van der Waals surface area contributed by atoms with Crippen LogP contribution >= 0.6 is 0 Å². The van der Waals surface area contributed by atoms with E-state index in [9.17, 15) is 19.7 Å². The summed E-state index contributed by atoms with van der Waals surface area (Å²) >= 11 is 0. The first kappa shape index (κ1) is 18.1. The molecule has 0 bridgehead atoms. The maximum absolute atomic E-state index is 11.9. The molecule has 0 aliphatic rings. The molecule has 130 valence electrons. The molecule has 7 heteroatoms. The summed E-state index contributed by atoms with van der Waals surface area (Å²) < 4.78 is 4.93. The number of aryl methyl sites for hydroxylation is 2. The first-order valence-corrected chi connectivity index (χ1v) is 7.62. The normalized spacial score (nSPS) is 10.2. The van der Waals surface area contributed by atoms with Gasteiger partial charge in [-0.15, -0.1) is 0 Å². The average molecular weight is 342 g/mol. The molecule has 25 heavy (non-hydrogen) atoms. The van der Waals surface area contributed by atoms with E-state index >= 15 is 0 Å². The van der Waals surface area contributed by atoms with Crippen LogP contribution in [0.25, 0.3) is 0 Å². The molecule has 0 spiro atoms. The number of carbonyl (C=O) groups excluding carboxylic acids is 2. The maximum Gasteiger partial charge on any atom is 0.310 e. The molecule has 0 saturated carbocycles.